The van der Waals surface area contributed by atoms with Crippen molar-refractivity contribution in [3.05, 3.63) is 28.2 Å². The van der Waals surface area contributed by atoms with E-state index < -0.39 is 5.60 Å². The first-order chi connectivity index (χ1) is 6.67. The molecule has 76 valence electrons. The zero-order chi connectivity index (χ0) is 10.2. The van der Waals surface area contributed by atoms with Crippen LogP contribution in [0.2, 0.25) is 0 Å². The summed E-state index contributed by atoms with van der Waals surface area (Å²) in [5.74, 6) is 0.715. The lowest BCUT2D eigenvalue weighted by Crippen LogP contribution is -2.39. The zero-order valence-corrected chi connectivity index (χ0v) is 9.25. The Morgan fingerprint density at radius 2 is 2.36 bits per heavy atom. The van der Waals surface area contributed by atoms with Crippen molar-refractivity contribution >= 4 is 15.9 Å². The normalized spacial score (nSPS) is 25.4. The number of nitrogens with two attached hydrogens (primary N) is 1. The van der Waals surface area contributed by atoms with E-state index >= 15 is 0 Å². The summed E-state index contributed by atoms with van der Waals surface area (Å²) in [7, 11) is 0. The van der Waals surface area contributed by atoms with Crippen LogP contribution in [-0.2, 0) is 5.60 Å². The van der Waals surface area contributed by atoms with Gasteiger partial charge >= 0.3 is 0 Å². The Kier molecular flexibility index (Phi) is 2.51. The quantitative estimate of drug-likeness (QED) is 0.800. The Bertz CT molecular complexity index is 356. The molecule has 1 atom stereocenters. The third-order valence-corrected chi connectivity index (χ3v) is 3.19. The molecule has 0 saturated heterocycles. The van der Waals surface area contributed by atoms with Gasteiger partial charge in [0.2, 0.25) is 0 Å². The van der Waals surface area contributed by atoms with Crippen molar-refractivity contribution in [2.24, 2.45) is 5.73 Å². The number of aliphatic hydroxyl groups is 1. The molecule has 3 nitrogen and oxygen atoms in total. The van der Waals surface area contributed by atoms with Crippen molar-refractivity contribution < 1.29 is 9.84 Å². The molecular weight excluding hydrogens is 246 g/mol. The van der Waals surface area contributed by atoms with E-state index in [4.69, 9.17) is 10.5 Å². The van der Waals surface area contributed by atoms with Crippen LogP contribution in [0.15, 0.2) is 22.7 Å². The van der Waals surface area contributed by atoms with Gasteiger partial charge in [-0.25, -0.2) is 0 Å². The lowest BCUT2D eigenvalue weighted by molar-refractivity contribution is 0.00504. The maximum Gasteiger partial charge on any atom is 0.139 e. The molecule has 0 saturated carbocycles. The minimum atomic E-state index is -0.933. The molecule has 1 aliphatic rings. The number of ether oxygens (including phenoxy) is 1. The maximum absolute atomic E-state index is 10.2. The number of halogens is 1. The Hall–Kier alpha value is -0.580. The van der Waals surface area contributed by atoms with Gasteiger partial charge in [-0.15, -0.1) is 0 Å². The topological polar surface area (TPSA) is 55.5 Å². The van der Waals surface area contributed by atoms with E-state index in [0.29, 0.717) is 18.8 Å². The predicted molar refractivity (Wildman–Crippen MR) is 57.2 cm³/mol. The van der Waals surface area contributed by atoms with Gasteiger partial charge in [-0.05, 0) is 22.0 Å². The van der Waals surface area contributed by atoms with E-state index in [0.717, 1.165) is 10.0 Å². The summed E-state index contributed by atoms with van der Waals surface area (Å²) in [5, 5.41) is 10.2. The van der Waals surface area contributed by atoms with Gasteiger partial charge in [0.1, 0.15) is 11.4 Å². The van der Waals surface area contributed by atoms with Crippen LogP contribution in [0.4, 0.5) is 0 Å². The first kappa shape index (κ1) is 9.96. The van der Waals surface area contributed by atoms with Crippen LogP contribution in [0, 0.1) is 0 Å². The summed E-state index contributed by atoms with van der Waals surface area (Å²) in [6.45, 7) is 0.725. The first-order valence-corrected chi connectivity index (χ1v) is 5.31. The Morgan fingerprint density at radius 1 is 1.57 bits per heavy atom. The predicted octanol–water partition coefficient (Wildman–Crippen LogP) is 1.38. The van der Waals surface area contributed by atoms with E-state index in [1.807, 2.05) is 18.2 Å². The molecule has 0 bridgehead atoms. The van der Waals surface area contributed by atoms with E-state index in [2.05, 4.69) is 15.9 Å². The van der Waals surface area contributed by atoms with Gasteiger partial charge in [0, 0.05) is 18.5 Å². The summed E-state index contributed by atoms with van der Waals surface area (Å²) < 4.78 is 6.35. The summed E-state index contributed by atoms with van der Waals surface area (Å²) in [5.41, 5.74) is 5.43. The highest BCUT2D eigenvalue weighted by Crippen LogP contribution is 2.40. The molecule has 2 rings (SSSR count). The van der Waals surface area contributed by atoms with Crippen molar-refractivity contribution in [3.8, 4) is 5.75 Å². The highest BCUT2D eigenvalue weighted by atomic mass is 79.9. The number of hydrogen-bond acceptors (Lipinski definition) is 3. The SMILES string of the molecule is NCC1(O)CCOc2c(Br)cccc21. The van der Waals surface area contributed by atoms with Crippen molar-refractivity contribution in [2.45, 2.75) is 12.0 Å². The second kappa shape index (κ2) is 3.53. The van der Waals surface area contributed by atoms with Crippen LogP contribution in [0.3, 0.4) is 0 Å². The third kappa shape index (κ3) is 1.43. The van der Waals surface area contributed by atoms with Gasteiger partial charge in [0.25, 0.3) is 0 Å². The number of benzene rings is 1. The fourth-order valence-electron chi connectivity index (χ4n) is 1.69. The van der Waals surface area contributed by atoms with E-state index in [-0.39, 0.29) is 6.54 Å². The van der Waals surface area contributed by atoms with Gasteiger partial charge in [0.05, 0.1) is 11.1 Å². The fraction of sp³-hybridized carbons (Fsp3) is 0.400. The molecule has 0 fully saturated rings. The lowest BCUT2D eigenvalue weighted by Gasteiger charge is -2.33. The second-order valence-corrected chi connectivity index (χ2v) is 4.31. The molecule has 1 heterocycles. The van der Waals surface area contributed by atoms with Crippen LogP contribution in [0.5, 0.6) is 5.75 Å². The van der Waals surface area contributed by atoms with Crippen molar-refractivity contribution in [2.75, 3.05) is 13.2 Å². The van der Waals surface area contributed by atoms with Gasteiger partial charge < -0.3 is 15.6 Å². The van der Waals surface area contributed by atoms with E-state index in [9.17, 15) is 5.11 Å². The van der Waals surface area contributed by atoms with Gasteiger partial charge in [0.15, 0.2) is 0 Å². The first-order valence-electron chi connectivity index (χ1n) is 4.51. The van der Waals surface area contributed by atoms with Crippen molar-refractivity contribution in [1.82, 2.24) is 0 Å². The number of rotatable bonds is 1. The van der Waals surface area contributed by atoms with Gasteiger partial charge in [-0.2, -0.15) is 0 Å². The van der Waals surface area contributed by atoms with Crippen LogP contribution in [0.25, 0.3) is 0 Å². The summed E-state index contributed by atoms with van der Waals surface area (Å²) in [6, 6.07) is 5.62. The minimum absolute atomic E-state index is 0.222. The molecule has 1 unspecified atom stereocenters. The van der Waals surface area contributed by atoms with E-state index in [1.165, 1.54) is 0 Å². The average Bonchev–Trinajstić information content (AvgIpc) is 2.20. The Morgan fingerprint density at radius 3 is 3.07 bits per heavy atom. The zero-order valence-electron chi connectivity index (χ0n) is 7.66. The smallest absolute Gasteiger partial charge is 0.139 e. The summed E-state index contributed by atoms with van der Waals surface area (Å²) in [6.07, 6.45) is 0.549. The standard InChI is InChI=1S/C10H12BrNO2/c11-8-3-1-2-7-9(8)14-5-4-10(7,13)6-12/h1-3,13H,4-6,12H2. The summed E-state index contributed by atoms with van der Waals surface area (Å²) >= 11 is 3.39. The number of para-hydroxylation sites is 1. The minimum Gasteiger partial charge on any atom is -0.492 e. The molecule has 0 aromatic heterocycles. The molecule has 14 heavy (non-hydrogen) atoms. The third-order valence-electron chi connectivity index (χ3n) is 2.57. The monoisotopic (exact) mass is 257 g/mol. The highest BCUT2D eigenvalue weighted by molar-refractivity contribution is 9.10. The van der Waals surface area contributed by atoms with E-state index in [1.54, 1.807) is 0 Å². The molecule has 0 amide bonds. The van der Waals surface area contributed by atoms with Crippen LogP contribution in [0.1, 0.15) is 12.0 Å². The van der Waals surface area contributed by atoms with Crippen LogP contribution >= 0.6 is 15.9 Å². The van der Waals surface area contributed by atoms with Crippen molar-refractivity contribution in [1.29, 1.82) is 0 Å². The molecule has 0 radical (unpaired) electrons. The number of hydrogen-bond donors (Lipinski definition) is 2. The average molecular weight is 258 g/mol. The highest BCUT2D eigenvalue weighted by Gasteiger charge is 2.35. The van der Waals surface area contributed by atoms with Crippen LogP contribution < -0.4 is 10.5 Å². The molecule has 0 spiro atoms. The van der Waals surface area contributed by atoms with Gasteiger partial charge in [-0.1, -0.05) is 12.1 Å². The summed E-state index contributed by atoms with van der Waals surface area (Å²) in [4.78, 5) is 0. The Labute approximate surface area is 91.0 Å². The molecule has 1 aromatic carbocycles. The molecule has 1 aliphatic heterocycles. The lowest BCUT2D eigenvalue weighted by atomic mass is 9.88. The fourth-order valence-corrected chi connectivity index (χ4v) is 2.17. The molecular formula is C10H12BrNO2. The maximum atomic E-state index is 10.2. The number of fused-ring (bicyclic) bond motifs is 1. The largest absolute Gasteiger partial charge is 0.492 e. The Balaban J connectivity index is 2.55. The van der Waals surface area contributed by atoms with Crippen molar-refractivity contribution in [3.63, 3.8) is 0 Å². The van der Waals surface area contributed by atoms with Gasteiger partial charge in [-0.3, -0.25) is 0 Å². The molecule has 0 aliphatic carbocycles. The second-order valence-electron chi connectivity index (χ2n) is 3.45. The van der Waals surface area contributed by atoms with Crippen LogP contribution in [-0.4, -0.2) is 18.3 Å². The molecule has 3 N–H and O–H groups in total. The molecule has 4 heteroatoms. The molecule has 1 aromatic rings.